The highest BCUT2D eigenvalue weighted by Crippen LogP contribution is 2.38. The van der Waals surface area contributed by atoms with E-state index in [1.54, 1.807) is 12.1 Å². The number of hydrogen-bond acceptors (Lipinski definition) is 3. The molecule has 0 heterocycles. The molecule has 1 aromatic rings. The normalized spacial score (nSPS) is 20.8. The van der Waals surface area contributed by atoms with Crippen molar-refractivity contribution in [3.05, 3.63) is 28.2 Å². The van der Waals surface area contributed by atoms with Crippen molar-refractivity contribution in [3.8, 4) is 0 Å². The molecule has 0 radical (unpaired) electrons. The molecule has 1 N–H and O–H groups in total. The zero-order valence-electron chi connectivity index (χ0n) is 10.3. The molecule has 1 aromatic carbocycles. The van der Waals surface area contributed by atoms with Crippen LogP contribution >= 0.6 is 23.2 Å². The molecule has 0 aromatic heterocycles. The fraction of sp³-hybridized carbons (Fsp3) is 0.385. The second-order valence-electron chi connectivity index (χ2n) is 4.60. The fourth-order valence-electron chi connectivity index (χ4n) is 1.67. The van der Waals surface area contributed by atoms with Gasteiger partial charge in [0.1, 0.15) is 0 Å². The number of benzene rings is 1. The van der Waals surface area contributed by atoms with Crippen molar-refractivity contribution in [2.45, 2.75) is 13.3 Å². The first-order chi connectivity index (χ1) is 8.97. The lowest BCUT2D eigenvalue weighted by Crippen LogP contribution is -2.21. The first-order valence-electron chi connectivity index (χ1n) is 5.89. The van der Waals surface area contributed by atoms with Gasteiger partial charge in [-0.2, -0.15) is 0 Å². The van der Waals surface area contributed by atoms with Gasteiger partial charge in [-0.25, -0.2) is 0 Å². The number of esters is 1. The third kappa shape index (κ3) is 3.85. The van der Waals surface area contributed by atoms with E-state index in [0.29, 0.717) is 21.7 Å². The molecule has 0 bridgehead atoms. The number of ether oxygens (including phenoxy) is 1. The Balaban J connectivity index is 1.80. The van der Waals surface area contributed by atoms with E-state index in [4.69, 9.17) is 27.9 Å². The molecule has 0 unspecified atom stereocenters. The number of hydrogen-bond donors (Lipinski definition) is 1. The van der Waals surface area contributed by atoms with Gasteiger partial charge in [-0.05, 0) is 30.5 Å². The van der Waals surface area contributed by atoms with Gasteiger partial charge < -0.3 is 10.1 Å². The lowest BCUT2D eigenvalue weighted by molar-refractivity contribution is -0.148. The zero-order valence-corrected chi connectivity index (χ0v) is 11.8. The van der Waals surface area contributed by atoms with Crippen molar-refractivity contribution in [2.24, 2.45) is 11.8 Å². The molecule has 0 spiro atoms. The van der Waals surface area contributed by atoms with Gasteiger partial charge in [-0.15, -0.1) is 0 Å². The van der Waals surface area contributed by atoms with Crippen molar-refractivity contribution in [1.82, 2.24) is 0 Å². The third-order valence-corrected chi connectivity index (χ3v) is 3.70. The molecule has 1 amide bonds. The number of amides is 1. The van der Waals surface area contributed by atoms with E-state index in [-0.39, 0.29) is 18.5 Å². The molecule has 0 saturated heterocycles. The highest BCUT2D eigenvalue weighted by molar-refractivity contribution is 6.42. The Hall–Kier alpha value is -1.26. The maximum absolute atomic E-state index is 11.6. The van der Waals surface area contributed by atoms with Crippen molar-refractivity contribution in [2.75, 3.05) is 11.9 Å². The molecule has 102 valence electrons. The van der Waals surface area contributed by atoms with Crippen LogP contribution < -0.4 is 5.32 Å². The Bertz CT molecular complexity index is 519. The molecule has 1 saturated carbocycles. The summed E-state index contributed by atoms with van der Waals surface area (Å²) in [6.45, 7) is 1.68. The van der Waals surface area contributed by atoms with Crippen molar-refractivity contribution in [3.63, 3.8) is 0 Å². The molecule has 2 rings (SSSR count). The Morgan fingerprint density at radius 1 is 1.37 bits per heavy atom. The summed E-state index contributed by atoms with van der Waals surface area (Å²) in [4.78, 5) is 23.0. The van der Waals surface area contributed by atoms with Gasteiger partial charge in [-0.3, -0.25) is 9.59 Å². The third-order valence-electron chi connectivity index (χ3n) is 2.96. The Labute approximate surface area is 121 Å². The maximum Gasteiger partial charge on any atom is 0.309 e. The quantitative estimate of drug-likeness (QED) is 0.869. The smallest absolute Gasteiger partial charge is 0.309 e. The van der Waals surface area contributed by atoms with E-state index in [2.05, 4.69) is 5.32 Å². The van der Waals surface area contributed by atoms with Crippen LogP contribution in [0, 0.1) is 11.8 Å². The van der Waals surface area contributed by atoms with Crippen molar-refractivity contribution < 1.29 is 14.3 Å². The summed E-state index contributed by atoms with van der Waals surface area (Å²) in [6, 6.07) is 4.74. The predicted octanol–water partition coefficient (Wildman–Crippen LogP) is 3.13. The van der Waals surface area contributed by atoms with Gasteiger partial charge in [0, 0.05) is 5.69 Å². The Kier molecular flexibility index (Phi) is 4.32. The highest BCUT2D eigenvalue weighted by Gasteiger charge is 2.40. The minimum absolute atomic E-state index is 0.0437. The van der Waals surface area contributed by atoms with Crippen LogP contribution in [-0.2, 0) is 14.3 Å². The van der Waals surface area contributed by atoms with Crippen LogP contribution in [0.15, 0.2) is 18.2 Å². The molecule has 1 aliphatic rings. The summed E-state index contributed by atoms with van der Waals surface area (Å²) in [5, 5.41) is 3.34. The van der Waals surface area contributed by atoms with Crippen LogP contribution in [0.2, 0.25) is 10.0 Å². The fourth-order valence-corrected chi connectivity index (χ4v) is 1.96. The number of nitrogens with one attached hydrogen (secondary N) is 1. The molecular weight excluding hydrogens is 289 g/mol. The van der Waals surface area contributed by atoms with Crippen LogP contribution in [0.4, 0.5) is 5.69 Å². The van der Waals surface area contributed by atoms with Crippen molar-refractivity contribution >= 4 is 40.8 Å². The summed E-state index contributed by atoms with van der Waals surface area (Å²) in [5.74, 6) is -0.389. The molecule has 2 atom stereocenters. The SMILES string of the molecule is C[C@H]1C[C@@H]1C(=O)OCC(=O)Nc1ccc(Cl)c(Cl)c1. The summed E-state index contributed by atoms with van der Waals surface area (Å²) in [7, 11) is 0. The molecular formula is C13H13Cl2NO3. The van der Waals surface area contributed by atoms with Crippen molar-refractivity contribution in [1.29, 1.82) is 0 Å². The average Bonchev–Trinajstić information content (AvgIpc) is 3.08. The lowest BCUT2D eigenvalue weighted by Gasteiger charge is -2.07. The lowest BCUT2D eigenvalue weighted by atomic mass is 10.3. The number of carbonyl (C=O) groups is 2. The first-order valence-corrected chi connectivity index (χ1v) is 6.64. The van der Waals surface area contributed by atoms with E-state index < -0.39 is 5.91 Å². The second-order valence-corrected chi connectivity index (χ2v) is 5.42. The van der Waals surface area contributed by atoms with Crippen LogP contribution in [0.5, 0.6) is 0 Å². The molecule has 1 aliphatic carbocycles. The van der Waals surface area contributed by atoms with Crippen LogP contribution in [0.1, 0.15) is 13.3 Å². The number of anilines is 1. The molecule has 6 heteroatoms. The second kappa shape index (κ2) is 5.80. The molecule has 19 heavy (non-hydrogen) atoms. The molecule has 4 nitrogen and oxygen atoms in total. The van der Waals surface area contributed by atoms with Crippen LogP contribution in [-0.4, -0.2) is 18.5 Å². The summed E-state index contributed by atoms with van der Waals surface area (Å²) < 4.78 is 4.91. The zero-order chi connectivity index (χ0) is 14.0. The van der Waals surface area contributed by atoms with E-state index in [1.165, 1.54) is 6.07 Å². The minimum atomic E-state index is -0.403. The largest absolute Gasteiger partial charge is 0.455 e. The first kappa shape index (κ1) is 14.2. The Morgan fingerprint density at radius 2 is 2.05 bits per heavy atom. The number of carbonyl (C=O) groups excluding carboxylic acids is 2. The number of rotatable bonds is 4. The van der Waals surface area contributed by atoms with Gasteiger partial charge >= 0.3 is 5.97 Å². The minimum Gasteiger partial charge on any atom is -0.455 e. The number of halogens is 2. The summed E-state index contributed by atoms with van der Waals surface area (Å²) in [6.07, 6.45) is 0.841. The summed E-state index contributed by atoms with van der Waals surface area (Å²) >= 11 is 11.6. The van der Waals surface area contributed by atoms with Crippen LogP contribution in [0.3, 0.4) is 0 Å². The summed E-state index contributed by atoms with van der Waals surface area (Å²) in [5.41, 5.74) is 0.509. The van der Waals surface area contributed by atoms with Gasteiger partial charge in [-0.1, -0.05) is 30.1 Å². The van der Waals surface area contributed by atoms with Gasteiger partial charge in [0.05, 0.1) is 16.0 Å². The Morgan fingerprint density at radius 3 is 2.63 bits per heavy atom. The average molecular weight is 302 g/mol. The van der Waals surface area contributed by atoms with E-state index in [1.807, 2.05) is 6.92 Å². The van der Waals surface area contributed by atoms with Gasteiger partial charge in [0.2, 0.25) is 0 Å². The highest BCUT2D eigenvalue weighted by atomic mass is 35.5. The van der Waals surface area contributed by atoms with E-state index in [0.717, 1.165) is 6.42 Å². The molecule has 1 fully saturated rings. The molecule has 0 aliphatic heterocycles. The maximum atomic E-state index is 11.6. The van der Waals surface area contributed by atoms with E-state index >= 15 is 0 Å². The van der Waals surface area contributed by atoms with Crippen LogP contribution in [0.25, 0.3) is 0 Å². The van der Waals surface area contributed by atoms with E-state index in [9.17, 15) is 9.59 Å². The topological polar surface area (TPSA) is 55.4 Å². The standard InChI is InChI=1S/C13H13Cl2NO3/c1-7-4-9(7)13(18)19-6-12(17)16-8-2-3-10(14)11(15)5-8/h2-3,5,7,9H,4,6H2,1H3,(H,16,17)/t7-,9-/m0/s1. The monoisotopic (exact) mass is 301 g/mol. The van der Waals surface area contributed by atoms with Gasteiger partial charge in [0.15, 0.2) is 6.61 Å². The predicted molar refractivity (Wildman–Crippen MR) is 73.3 cm³/mol. The van der Waals surface area contributed by atoms with Gasteiger partial charge in [0.25, 0.3) is 5.91 Å².